The summed E-state index contributed by atoms with van der Waals surface area (Å²) in [5, 5.41) is 11.0. The van der Waals surface area contributed by atoms with Crippen LogP contribution in [0.25, 0.3) is 0 Å². The van der Waals surface area contributed by atoms with E-state index in [-0.39, 0.29) is 22.7 Å². The highest BCUT2D eigenvalue weighted by molar-refractivity contribution is 5.69. The summed E-state index contributed by atoms with van der Waals surface area (Å²) in [6, 6.07) is 5.19. The van der Waals surface area contributed by atoms with Crippen molar-refractivity contribution < 1.29 is 14.5 Å². The molecule has 2 aliphatic rings. The Bertz CT molecular complexity index is 668. The third-order valence-corrected chi connectivity index (χ3v) is 4.39. The third-order valence-electron chi connectivity index (χ3n) is 4.39. The van der Waals surface area contributed by atoms with Gasteiger partial charge in [0.1, 0.15) is 5.60 Å². The molecule has 0 aliphatic carbocycles. The lowest BCUT2D eigenvalue weighted by molar-refractivity contribution is -0.384. The second-order valence-electron chi connectivity index (χ2n) is 7.40. The van der Waals surface area contributed by atoms with Crippen LogP contribution in [0.4, 0.5) is 16.2 Å². The summed E-state index contributed by atoms with van der Waals surface area (Å²) >= 11 is 0. The van der Waals surface area contributed by atoms with E-state index in [1.807, 2.05) is 26.8 Å². The van der Waals surface area contributed by atoms with Crippen LogP contribution in [-0.4, -0.2) is 47.2 Å². The van der Waals surface area contributed by atoms with Gasteiger partial charge in [0.15, 0.2) is 0 Å². The van der Waals surface area contributed by atoms with Gasteiger partial charge in [0.2, 0.25) is 0 Å². The molecular formula is C17H23N3O4. The predicted molar refractivity (Wildman–Crippen MR) is 90.4 cm³/mol. The van der Waals surface area contributed by atoms with Crippen LogP contribution in [0.2, 0.25) is 0 Å². The van der Waals surface area contributed by atoms with Gasteiger partial charge >= 0.3 is 6.09 Å². The van der Waals surface area contributed by atoms with Crippen molar-refractivity contribution in [2.75, 3.05) is 24.5 Å². The quantitative estimate of drug-likeness (QED) is 0.583. The summed E-state index contributed by atoms with van der Waals surface area (Å²) in [7, 11) is 0. The molecule has 1 unspecified atom stereocenters. The summed E-state index contributed by atoms with van der Waals surface area (Å²) in [5.41, 5.74) is 1.65. The van der Waals surface area contributed by atoms with Gasteiger partial charge in [-0.15, -0.1) is 0 Å². The zero-order valence-electron chi connectivity index (χ0n) is 14.3. The topological polar surface area (TPSA) is 75.9 Å². The Morgan fingerprint density at radius 1 is 1.33 bits per heavy atom. The Kier molecular flexibility index (Phi) is 4.11. The number of amides is 1. The highest BCUT2D eigenvalue weighted by Gasteiger charge is 2.35. The summed E-state index contributed by atoms with van der Waals surface area (Å²) in [6.07, 6.45) is 1.29. The van der Waals surface area contributed by atoms with Crippen molar-refractivity contribution in [1.82, 2.24) is 4.90 Å². The van der Waals surface area contributed by atoms with Gasteiger partial charge in [-0.05, 0) is 45.2 Å². The molecule has 0 aromatic heterocycles. The van der Waals surface area contributed by atoms with Crippen molar-refractivity contribution in [2.45, 2.75) is 45.3 Å². The first-order valence-electron chi connectivity index (χ1n) is 8.26. The first kappa shape index (κ1) is 16.5. The molecule has 0 spiro atoms. The fourth-order valence-electron chi connectivity index (χ4n) is 3.43. The number of hydrogen-bond donors (Lipinski definition) is 0. The second kappa shape index (κ2) is 5.96. The lowest BCUT2D eigenvalue weighted by Crippen LogP contribution is -2.43. The molecule has 7 nitrogen and oxygen atoms in total. The van der Waals surface area contributed by atoms with Crippen LogP contribution in [0.15, 0.2) is 18.2 Å². The van der Waals surface area contributed by atoms with Crippen LogP contribution in [0.5, 0.6) is 0 Å². The molecule has 2 aliphatic heterocycles. The number of anilines is 1. The first-order chi connectivity index (χ1) is 11.2. The van der Waals surface area contributed by atoms with Crippen molar-refractivity contribution in [3.05, 3.63) is 33.9 Å². The molecule has 1 amide bonds. The molecule has 2 heterocycles. The van der Waals surface area contributed by atoms with Crippen LogP contribution in [0.3, 0.4) is 0 Å². The molecule has 1 saturated heterocycles. The van der Waals surface area contributed by atoms with Crippen LogP contribution in [0.1, 0.15) is 32.8 Å². The molecule has 3 rings (SSSR count). The highest BCUT2D eigenvalue weighted by Crippen LogP contribution is 2.36. The Morgan fingerprint density at radius 2 is 2.08 bits per heavy atom. The van der Waals surface area contributed by atoms with Gasteiger partial charge in [0, 0.05) is 37.5 Å². The minimum absolute atomic E-state index is 0.121. The summed E-state index contributed by atoms with van der Waals surface area (Å²) in [4.78, 5) is 27.0. The van der Waals surface area contributed by atoms with Gasteiger partial charge < -0.3 is 14.5 Å². The minimum atomic E-state index is -0.512. The number of benzene rings is 1. The van der Waals surface area contributed by atoms with Gasteiger partial charge in [0.05, 0.1) is 11.0 Å². The fourth-order valence-corrected chi connectivity index (χ4v) is 3.43. The molecule has 1 atom stereocenters. The number of rotatable bonds is 1. The Hall–Kier alpha value is -2.31. The maximum Gasteiger partial charge on any atom is 0.410 e. The van der Waals surface area contributed by atoms with E-state index in [0.29, 0.717) is 13.1 Å². The number of carbonyl (C=O) groups is 1. The van der Waals surface area contributed by atoms with E-state index >= 15 is 0 Å². The number of nitro groups is 1. The Labute approximate surface area is 141 Å². The molecule has 0 bridgehead atoms. The lowest BCUT2D eigenvalue weighted by atomic mass is 10.1. The highest BCUT2D eigenvalue weighted by atomic mass is 16.6. The summed E-state index contributed by atoms with van der Waals surface area (Å²) in [6.45, 7) is 7.68. The molecular weight excluding hydrogens is 310 g/mol. The Morgan fingerprint density at radius 3 is 2.75 bits per heavy atom. The monoisotopic (exact) mass is 333 g/mol. The lowest BCUT2D eigenvalue weighted by Gasteiger charge is -2.29. The van der Waals surface area contributed by atoms with Crippen LogP contribution >= 0.6 is 0 Å². The number of ether oxygens (including phenoxy) is 1. The van der Waals surface area contributed by atoms with Gasteiger partial charge in [-0.25, -0.2) is 4.79 Å². The molecule has 130 valence electrons. The summed E-state index contributed by atoms with van der Waals surface area (Å²) < 4.78 is 5.49. The molecule has 0 N–H and O–H groups in total. The van der Waals surface area contributed by atoms with Crippen molar-refractivity contribution in [2.24, 2.45) is 0 Å². The number of nitrogens with zero attached hydrogens (tertiary/aromatic N) is 3. The van der Waals surface area contributed by atoms with Crippen molar-refractivity contribution >= 4 is 17.5 Å². The normalized spacial score (nSPS) is 20.2. The van der Waals surface area contributed by atoms with E-state index in [2.05, 4.69) is 4.90 Å². The first-order valence-corrected chi connectivity index (χ1v) is 8.26. The predicted octanol–water partition coefficient (Wildman–Crippen LogP) is 2.97. The van der Waals surface area contributed by atoms with Gasteiger partial charge in [-0.2, -0.15) is 0 Å². The van der Waals surface area contributed by atoms with Gasteiger partial charge in [-0.1, -0.05) is 0 Å². The number of non-ortho nitro benzene ring substituents is 1. The van der Waals surface area contributed by atoms with Crippen LogP contribution in [0, 0.1) is 10.1 Å². The number of hydrogen-bond acceptors (Lipinski definition) is 5. The largest absolute Gasteiger partial charge is 0.444 e. The second-order valence-corrected chi connectivity index (χ2v) is 7.40. The molecule has 1 aromatic carbocycles. The van der Waals surface area contributed by atoms with Crippen molar-refractivity contribution in [3.8, 4) is 0 Å². The van der Waals surface area contributed by atoms with Crippen LogP contribution < -0.4 is 4.90 Å². The molecule has 1 fully saturated rings. The van der Waals surface area contributed by atoms with E-state index < -0.39 is 5.60 Å². The smallest absolute Gasteiger partial charge is 0.410 e. The zero-order chi connectivity index (χ0) is 17.5. The van der Waals surface area contributed by atoms with E-state index in [1.54, 1.807) is 17.0 Å². The molecule has 1 aromatic rings. The SMILES string of the molecule is CC(C)(C)OC(=O)N1CCCN2c3ccc([N+](=O)[O-])cc3CC2C1. The molecule has 0 saturated carbocycles. The van der Waals surface area contributed by atoms with Crippen LogP contribution in [-0.2, 0) is 11.2 Å². The molecule has 24 heavy (non-hydrogen) atoms. The fraction of sp³-hybridized carbons (Fsp3) is 0.588. The summed E-state index contributed by atoms with van der Waals surface area (Å²) in [5.74, 6) is 0. The Balaban J connectivity index is 1.77. The number of nitro benzene ring substituents is 1. The maximum atomic E-state index is 12.4. The van der Waals surface area contributed by atoms with E-state index in [0.717, 1.165) is 30.6 Å². The average Bonchev–Trinajstić information content (AvgIpc) is 2.67. The molecule has 7 heteroatoms. The van der Waals surface area contributed by atoms with E-state index in [4.69, 9.17) is 4.74 Å². The van der Waals surface area contributed by atoms with E-state index in [1.165, 1.54) is 0 Å². The minimum Gasteiger partial charge on any atom is -0.444 e. The van der Waals surface area contributed by atoms with Gasteiger partial charge in [0.25, 0.3) is 5.69 Å². The number of fused-ring (bicyclic) bond motifs is 3. The van der Waals surface area contributed by atoms with Crippen molar-refractivity contribution in [1.29, 1.82) is 0 Å². The van der Waals surface area contributed by atoms with Crippen molar-refractivity contribution in [3.63, 3.8) is 0 Å². The van der Waals surface area contributed by atoms with Gasteiger partial charge in [-0.3, -0.25) is 10.1 Å². The standard InChI is InChI=1S/C17H23N3O4/c1-17(2,3)24-16(21)18-7-4-8-19-14(11-18)10-12-9-13(20(22)23)5-6-15(12)19/h5-6,9,14H,4,7-8,10-11H2,1-3H3. The van der Waals surface area contributed by atoms with E-state index in [9.17, 15) is 14.9 Å². The average molecular weight is 333 g/mol. The number of carbonyl (C=O) groups excluding carboxylic acids is 1. The zero-order valence-corrected chi connectivity index (χ0v) is 14.3. The molecule has 0 radical (unpaired) electrons. The maximum absolute atomic E-state index is 12.4. The third kappa shape index (κ3) is 3.29.